The molecule has 0 radical (unpaired) electrons. The van der Waals surface area contributed by atoms with Crippen LogP contribution in [0.3, 0.4) is 0 Å². The lowest BCUT2D eigenvalue weighted by molar-refractivity contribution is -0.137. The lowest BCUT2D eigenvalue weighted by Crippen LogP contribution is -2.37. The first kappa shape index (κ1) is 22.4. The van der Waals surface area contributed by atoms with E-state index in [1.165, 1.54) is 12.1 Å². The van der Waals surface area contributed by atoms with Gasteiger partial charge in [-0.1, -0.05) is 30.3 Å². The summed E-state index contributed by atoms with van der Waals surface area (Å²) >= 11 is 0. The van der Waals surface area contributed by atoms with Crippen LogP contribution in [0.5, 0.6) is 0 Å². The van der Waals surface area contributed by atoms with Gasteiger partial charge < -0.3 is 19.5 Å². The van der Waals surface area contributed by atoms with E-state index in [9.17, 15) is 18.0 Å². The molecule has 0 atom stereocenters. The molecule has 0 aliphatic rings. The molecular formula is C23H24F3N3O2. The number of nitrogens with zero attached hydrogens (tertiary/aromatic N) is 2. The highest BCUT2D eigenvalue weighted by Crippen LogP contribution is 2.29. The van der Waals surface area contributed by atoms with Crippen LogP contribution >= 0.6 is 0 Å². The Kier molecular flexibility index (Phi) is 7.36. The van der Waals surface area contributed by atoms with Gasteiger partial charge in [0, 0.05) is 37.8 Å². The molecule has 0 unspecified atom stereocenters. The zero-order chi connectivity index (χ0) is 22.3. The molecule has 2 amide bonds. The highest BCUT2D eigenvalue weighted by Gasteiger charge is 2.30. The first-order valence-corrected chi connectivity index (χ1v) is 9.77. The molecule has 1 heterocycles. The van der Waals surface area contributed by atoms with E-state index < -0.39 is 17.8 Å². The fraction of sp³-hybridized carbons (Fsp3) is 0.261. The Hall–Kier alpha value is -3.26. The van der Waals surface area contributed by atoms with Crippen LogP contribution in [0, 0.1) is 0 Å². The van der Waals surface area contributed by atoms with Crippen LogP contribution < -0.4 is 5.32 Å². The molecule has 5 nitrogen and oxygen atoms in total. The Labute approximate surface area is 179 Å². The number of halogens is 3. The number of hydrogen-bond donors (Lipinski definition) is 1. The van der Waals surface area contributed by atoms with Crippen molar-refractivity contribution in [1.29, 1.82) is 0 Å². The SMILES string of the molecule is COCCN(Cc1cccn1Cc1ccccc1)C(=O)Nc1ccc(C(F)(F)F)cc1. The fourth-order valence-corrected chi connectivity index (χ4v) is 3.12. The van der Waals surface area contributed by atoms with E-state index in [0.717, 1.165) is 23.4 Å². The van der Waals surface area contributed by atoms with Crippen molar-refractivity contribution in [2.45, 2.75) is 19.3 Å². The van der Waals surface area contributed by atoms with E-state index in [-0.39, 0.29) is 0 Å². The van der Waals surface area contributed by atoms with Crippen LogP contribution in [0.25, 0.3) is 0 Å². The maximum Gasteiger partial charge on any atom is 0.416 e. The molecule has 1 N–H and O–H groups in total. The third-order valence-corrected chi connectivity index (χ3v) is 4.79. The zero-order valence-corrected chi connectivity index (χ0v) is 17.1. The summed E-state index contributed by atoms with van der Waals surface area (Å²) in [7, 11) is 1.55. The van der Waals surface area contributed by atoms with E-state index >= 15 is 0 Å². The Morgan fingerprint density at radius 1 is 1.03 bits per heavy atom. The molecule has 0 bridgehead atoms. The number of carbonyl (C=O) groups is 1. The fourth-order valence-electron chi connectivity index (χ4n) is 3.12. The number of ether oxygens (including phenoxy) is 1. The van der Waals surface area contributed by atoms with E-state index in [4.69, 9.17) is 4.74 Å². The summed E-state index contributed by atoms with van der Waals surface area (Å²) in [6, 6.07) is 17.8. The lowest BCUT2D eigenvalue weighted by atomic mass is 10.2. The third kappa shape index (κ3) is 6.36. The van der Waals surface area contributed by atoms with Gasteiger partial charge in [-0.2, -0.15) is 13.2 Å². The molecule has 3 aromatic rings. The van der Waals surface area contributed by atoms with Gasteiger partial charge in [0.2, 0.25) is 0 Å². The summed E-state index contributed by atoms with van der Waals surface area (Å²) in [5, 5.41) is 2.67. The van der Waals surface area contributed by atoms with Gasteiger partial charge in [0.1, 0.15) is 0 Å². The topological polar surface area (TPSA) is 46.5 Å². The second kappa shape index (κ2) is 10.2. The number of amides is 2. The molecule has 31 heavy (non-hydrogen) atoms. The second-order valence-corrected chi connectivity index (χ2v) is 7.03. The van der Waals surface area contributed by atoms with Crippen LogP contribution in [-0.2, 0) is 24.0 Å². The van der Waals surface area contributed by atoms with Gasteiger partial charge in [-0.05, 0) is 42.0 Å². The smallest absolute Gasteiger partial charge is 0.383 e. The third-order valence-electron chi connectivity index (χ3n) is 4.79. The molecule has 8 heteroatoms. The normalized spacial score (nSPS) is 11.4. The summed E-state index contributed by atoms with van der Waals surface area (Å²) < 4.78 is 45.4. The number of urea groups is 1. The van der Waals surface area contributed by atoms with Gasteiger partial charge in [-0.3, -0.25) is 0 Å². The van der Waals surface area contributed by atoms with Gasteiger partial charge in [0.15, 0.2) is 0 Å². The first-order valence-electron chi connectivity index (χ1n) is 9.77. The Morgan fingerprint density at radius 2 is 1.74 bits per heavy atom. The molecule has 0 spiro atoms. The molecule has 0 aliphatic carbocycles. The van der Waals surface area contributed by atoms with Crippen LogP contribution in [0.15, 0.2) is 72.9 Å². The number of alkyl halides is 3. The van der Waals surface area contributed by atoms with E-state index in [1.54, 1.807) is 12.0 Å². The molecule has 0 aliphatic heterocycles. The van der Waals surface area contributed by atoms with Crippen molar-refractivity contribution in [3.63, 3.8) is 0 Å². The largest absolute Gasteiger partial charge is 0.416 e. The number of anilines is 1. The number of hydrogen-bond acceptors (Lipinski definition) is 2. The Bertz CT molecular complexity index is 970. The Morgan fingerprint density at radius 3 is 2.39 bits per heavy atom. The predicted molar refractivity (Wildman–Crippen MR) is 113 cm³/mol. The molecule has 0 fully saturated rings. The number of methoxy groups -OCH3 is 1. The molecular weight excluding hydrogens is 407 g/mol. The first-order chi connectivity index (χ1) is 14.9. The quantitative estimate of drug-likeness (QED) is 0.531. The second-order valence-electron chi connectivity index (χ2n) is 7.03. The van der Waals surface area contributed by atoms with Gasteiger partial charge >= 0.3 is 12.2 Å². The zero-order valence-electron chi connectivity index (χ0n) is 17.1. The van der Waals surface area contributed by atoms with Gasteiger partial charge in [0.25, 0.3) is 0 Å². The van der Waals surface area contributed by atoms with Gasteiger partial charge in [-0.25, -0.2) is 4.79 Å². The average Bonchev–Trinajstić information content (AvgIpc) is 3.18. The summed E-state index contributed by atoms with van der Waals surface area (Å²) in [6.07, 6.45) is -2.47. The van der Waals surface area contributed by atoms with Gasteiger partial charge in [0.05, 0.1) is 18.7 Å². The van der Waals surface area contributed by atoms with Crippen molar-refractivity contribution >= 4 is 11.7 Å². The highest BCUT2D eigenvalue weighted by atomic mass is 19.4. The number of nitrogens with one attached hydrogen (secondary N) is 1. The highest BCUT2D eigenvalue weighted by molar-refractivity contribution is 5.89. The number of benzene rings is 2. The summed E-state index contributed by atoms with van der Waals surface area (Å²) in [4.78, 5) is 14.4. The van der Waals surface area contributed by atoms with Crippen molar-refractivity contribution in [1.82, 2.24) is 9.47 Å². The standard InChI is InChI=1S/C23H24F3N3O2/c1-31-15-14-29(22(30)27-20-11-9-19(10-12-20)23(24,25)26)17-21-8-5-13-28(21)16-18-6-3-2-4-7-18/h2-13H,14-17H2,1H3,(H,27,30). The lowest BCUT2D eigenvalue weighted by Gasteiger charge is -2.24. The van der Waals surface area contributed by atoms with Crippen LogP contribution in [0.2, 0.25) is 0 Å². The molecule has 1 aromatic heterocycles. The predicted octanol–water partition coefficient (Wildman–Crippen LogP) is 5.24. The van der Waals surface area contributed by atoms with Crippen molar-refractivity contribution in [3.05, 3.63) is 89.7 Å². The molecule has 0 saturated heterocycles. The van der Waals surface area contributed by atoms with Crippen LogP contribution in [0.4, 0.5) is 23.7 Å². The van der Waals surface area contributed by atoms with E-state index in [2.05, 4.69) is 9.88 Å². The minimum atomic E-state index is -4.42. The number of aromatic nitrogens is 1. The van der Waals surface area contributed by atoms with E-state index in [0.29, 0.717) is 31.9 Å². The maximum atomic E-state index is 12.8. The molecule has 2 aromatic carbocycles. The summed E-state index contributed by atoms with van der Waals surface area (Å²) in [5.41, 5.74) is 1.60. The minimum Gasteiger partial charge on any atom is -0.383 e. The summed E-state index contributed by atoms with van der Waals surface area (Å²) in [5.74, 6) is 0. The van der Waals surface area contributed by atoms with Gasteiger partial charge in [-0.15, -0.1) is 0 Å². The monoisotopic (exact) mass is 431 g/mol. The molecule has 0 saturated carbocycles. The summed E-state index contributed by atoms with van der Waals surface area (Å²) in [6.45, 7) is 1.66. The van der Waals surface area contributed by atoms with Crippen molar-refractivity contribution in [3.8, 4) is 0 Å². The molecule has 3 rings (SSSR count). The Balaban J connectivity index is 1.70. The minimum absolute atomic E-state index is 0.292. The molecule has 164 valence electrons. The van der Waals surface area contributed by atoms with Crippen molar-refractivity contribution in [2.75, 3.05) is 25.6 Å². The van der Waals surface area contributed by atoms with Crippen LogP contribution in [-0.4, -0.2) is 35.8 Å². The van der Waals surface area contributed by atoms with Crippen molar-refractivity contribution in [2.24, 2.45) is 0 Å². The van der Waals surface area contributed by atoms with E-state index in [1.807, 2.05) is 48.7 Å². The number of rotatable bonds is 8. The van der Waals surface area contributed by atoms with Crippen molar-refractivity contribution < 1.29 is 22.7 Å². The number of carbonyl (C=O) groups excluding carboxylic acids is 1. The average molecular weight is 431 g/mol. The maximum absolute atomic E-state index is 12.8. The van der Waals surface area contributed by atoms with Crippen LogP contribution in [0.1, 0.15) is 16.8 Å².